The van der Waals surface area contributed by atoms with Crippen LogP contribution in [-0.2, 0) is 4.74 Å². The molecule has 0 bridgehead atoms. The Balaban J connectivity index is 1.94. The highest BCUT2D eigenvalue weighted by molar-refractivity contribution is 6.08. The Morgan fingerprint density at radius 1 is 0.698 bits per heavy atom. The molecule has 0 radical (unpaired) electrons. The Morgan fingerprint density at radius 3 is 1.91 bits per heavy atom. The number of nitrogens with zero attached hydrogens (tertiary/aromatic N) is 1. The van der Waals surface area contributed by atoms with Crippen LogP contribution in [0.3, 0.4) is 0 Å². The summed E-state index contributed by atoms with van der Waals surface area (Å²) < 4.78 is 34.4. The number of hydrogen-bond donors (Lipinski definition) is 1. The topological polar surface area (TPSA) is 127 Å². The average molecular weight is 585 g/mol. The number of esters is 2. The molecule has 0 saturated carbocycles. The molecule has 0 aliphatic heterocycles. The molecule has 0 unspecified atom stereocenters. The molecule has 1 N–H and O–H groups in total. The van der Waals surface area contributed by atoms with Gasteiger partial charge in [-0.3, -0.25) is 9.36 Å². The summed E-state index contributed by atoms with van der Waals surface area (Å²) in [6.07, 6.45) is 1.59. The van der Waals surface area contributed by atoms with Crippen molar-refractivity contribution in [1.82, 2.24) is 9.55 Å². The number of hydrogen-bond acceptors (Lipinski definition) is 9. The molecule has 11 heteroatoms. The summed E-state index contributed by atoms with van der Waals surface area (Å²) in [5.74, 6) is -0.315. The number of ether oxygens (including phenoxy) is 6. The van der Waals surface area contributed by atoms with Crippen molar-refractivity contribution in [2.24, 2.45) is 0 Å². The van der Waals surface area contributed by atoms with Crippen LogP contribution < -0.4 is 29.2 Å². The standard InChI is InChI=1S/C32H28N2O9/c1-38-23-16-20-21(17-24(23)43-31(36)22-12-9-13-33-22)30(35)34(19-10-7-6-8-11-19)28(32(37)42-5)27(20)18-14-25(39-2)29(41-4)26(15-18)40-3/h6-17,33H,1-5H3. The fourth-order valence-corrected chi connectivity index (χ4v) is 4.89. The number of aromatic amines is 1. The number of fused-ring (bicyclic) bond motifs is 1. The van der Waals surface area contributed by atoms with Crippen LogP contribution in [0.2, 0.25) is 0 Å². The number of aromatic nitrogens is 2. The summed E-state index contributed by atoms with van der Waals surface area (Å²) >= 11 is 0. The van der Waals surface area contributed by atoms with E-state index in [1.54, 1.807) is 60.8 Å². The normalized spacial score (nSPS) is 10.7. The third kappa shape index (κ3) is 5.12. The number of para-hydroxylation sites is 1. The van der Waals surface area contributed by atoms with Gasteiger partial charge in [0.2, 0.25) is 5.75 Å². The number of nitrogens with one attached hydrogen (secondary N) is 1. The molecular weight excluding hydrogens is 556 g/mol. The van der Waals surface area contributed by atoms with Gasteiger partial charge >= 0.3 is 11.9 Å². The summed E-state index contributed by atoms with van der Waals surface area (Å²) in [5.41, 5.74) is 0.761. The largest absolute Gasteiger partial charge is 0.493 e. The minimum absolute atomic E-state index is 0.00738. The monoisotopic (exact) mass is 584 g/mol. The van der Waals surface area contributed by atoms with Gasteiger partial charge in [-0.05, 0) is 54.1 Å². The van der Waals surface area contributed by atoms with E-state index in [0.29, 0.717) is 39.4 Å². The Labute approximate surface area is 246 Å². The molecule has 0 atom stereocenters. The minimum Gasteiger partial charge on any atom is -0.493 e. The van der Waals surface area contributed by atoms with E-state index >= 15 is 0 Å². The van der Waals surface area contributed by atoms with E-state index in [0.717, 1.165) is 0 Å². The molecule has 11 nitrogen and oxygen atoms in total. The quantitative estimate of drug-likeness (QED) is 0.188. The molecule has 0 aliphatic rings. The summed E-state index contributed by atoms with van der Waals surface area (Å²) in [7, 11) is 7.05. The molecule has 5 rings (SSSR count). The summed E-state index contributed by atoms with van der Waals surface area (Å²) in [6, 6.07) is 18.1. The summed E-state index contributed by atoms with van der Waals surface area (Å²) in [4.78, 5) is 43.4. The first-order valence-corrected chi connectivity index (χ1v) is 13.0. The number of carbonyl (C=O) groups is 2. The van der Waals surface area contributed by atoms with E-state index in [-0.39, 0.29) is 28.3 Å². The van der Waals surface area contributed by atoms with E-state index in [1.165, 1.54) is 52.2 Å². The van der Waals surface area contributed by atoms with Gasteiger partial charge < -0.3 is 33.4 Å². The Kier molecular flexibility index (Phi) is 8.06. The molecule has 2 heterocycles. The van der Waals surface area contributed by atoms with Gasteiger partial charge in [0.05, 0.1) is 40.9 Å². The SMILES string of the molecule is COC(=O)c1c(-c2cc(OC)c(OC)c(OC)c2)c2cc(OC)c(OC(=O)c3ccc[nH]3)cc2c(=O)n1-c1ccccc1. The van der Waals surface area contributed by atoms with Gasteiger partial charge in [0.15, 0.2) is 23.0 Å². The van der Waals surface area contributed by atoms with Crippen molar-refractivity contribution in [2.45, 2.75) is 0 Å². The molecule has 0 amide bonds. The highest BCUT2D eigenvalue weighted by atomic mass is 16.6. The van der Waals surface area contributed by atoms with E-state index in [9.17, 15) is 14.4 Å². The third-order valence-corrected chi connectivity index (χ3v) is 6.83. The summed E-state index contributed by atoms with van der Waals surface area (Å²) in [5, 5.41) is 0.457. The highest BCUT2D eigenvalue weighted by Crippen LogP contribution is 2.45. The molecule has 0 aliphatic carbocycles. The lowest BCUT2D eigenvalue weighted by atomic mass is 9.95. The van der Waals surface area contributed by atoms with Crippen molar-refractivity contribution >= 4 is 22.7 Å². The highest BCUT2D eigenvalue weighted by Gasteiger charge is 2.28. The fraction of sp³-hybridized carbons (Fsp3) is 0.156. The van der Waals surface area contributed by atoms with Crippen LogP contribution in [-0.4, -0.2) is 57.0 Å². The molecule has 43 heavy (non-hydrogen) atoms. The molecule has 0 spiro atoms. The number of benzene rings is 3. The third-order valence-electron chi connectivity index (χ3n) is 6.83. The van der Waals surface area contributed by atoms with Gasteiger partial charge in [-0.25, -0.2) is 9.59 Å². The maximum absolute atomic E-state index is 14.3. The second-order valence-electron chi connectivity index (χ2n) is 9.13. The van der Waals surface area contributed by atoms with Gasteiger partial charge in [-0.1, -0.05) is 18.2 Å². The first-order chi connectivity index (χ1) is 20.9. The minimum atomic E-state index is -0.771. The molecule has 0 saturated heterocycles. The first kappa shape index (κ1) is 28.8. The zero-order valence-corrected chi connectivity index (χ0v) is 24.0. The van der Waals surface area contributed by atoms with Crippen LogP contribution in [0.15, 0.2) is 77.7 Å². The van der Waals surface area contributed by atoms with Gasteiger partial charge in [-0.15, -0.1) is 0 Å². The van der Waals surface area contributed by atoms with Crippen LogP contribution >= 0.6 is 0 Å². The van der Waals surface area contributed by atoms with E-state index in [2.05, 4.69) is 4.98 Å². The molecule has 0 fully saturated rings. The second-order valence-corrected chi connectivity index (χ2v) is 9.13. The number of pyridine rings is 1. The Bertz CT molecular complexity index is 1850. The molecular formula is C32H28N2O9. The van der Waals surface area contributed by atoms with Gasteiger partial charge in [0.1, 0.15) is 11.4 Å². The van der Waals surface area contributed by atoms with Gasteiger partial charge in [0.25, 0.3) is 5.56 Å². The number of carbonyl (C=O) groups excluding carboxylic acids is 2. The molecule has 220 valence electrons. The van der Waals surface area contributed by atoms with Crippen molar-refractivity contribution in [3.8, 4) is 45.6 Å². The van der Waals surface area contributed by atoms with Crippen LogP contribution in [0.25, 0.3) is 27.6 Å². The van der Waals surface area contributed by atoms with Crippen LogP contribution in [0.1, 0.15) is 21.0 Å². The fourth-order valence-electron chi connectivity index (χ4n) is 4.89. The lowest BCUT2D eigenvalue weighted by molar-refractivity contribution is 0.0591. The Hall–Kier alpha value is -5.71. The van der Waals surface area contributed by atoms with Crippen LogP contribution in [0.5, 0.6) is 28.7 Å². The Morgan fingerprint density at radius 2 is 1.35 bits per heavy atom. The maximum atomic E-state index is 14.3. The lowest BCUT2D eigenvalue weighted by Crippen LogP contribution is -2.27. The molecule has 2 aromatic heterocycles. The van der Waals surface area contributed by atoms with Crippen molar-refractivity contribution in [3.63, 3.8) is 0 Å². The van der Waals surface area contributed by atoms with Crippen molar-refractivity contribution in [3.05, 3.63) is 94.7 Å². The van der Waals surface area contributed by atoms with Gasteiger partial charge in [-0.2, -0.15) is 0 Å². The van der Waals surface area contributed by atoms with Gasteiger partial charge in [0, 0.05) is 22.8 Å². The predicted octanol–water partition coefficient (Wildman–Crippen LogP) is 5.03. The first-order valence-electron chi connectivity index (χ1n) is 13.0. The van der Waals surface area contributed by atoms with E-state index < -0.39 is 17.5 Å². The number of methoxy groups -OCH3 is 5. The van der Waals surface area contributed by atoms with E-state index in [1.807, 2.05) is 0 Å². The summed E-state index contributed by atoms with van der Waals surface area (Å²) in [6.45, 7) is 0. The zero-order chi connectivity index (χ0) is 30.7. The smallest absolute Gasteiger partial charge is 0.360 e. The van der Waals surface area contributed by atoms with E-state index in [4.69, 9.17) is 28.4 Å². The average Bonchev–Trinajstić information content (AvgIpc) is 3.59. The van der Waals surface area contributed by atoms with Crippen molar-refractivity contribution in [2.75, 3.05) is 35.5 Å². The van der Waals surface area contributed by atoms with Crippen molar-refractivity contribution < 1.29 is 38.0 Å². The molecule has 3 aromatic carbocycles. The predicted molar refractivity (Wildman–Crippen MR) is 158 cm³/mol. The van der Waals surface area contributed by atoms with Crippen LogP contribution in [0, 0.1) is 0 Å². The number of rotatable bonds is 9. The second kappa shape index (κ2) is 12.0. The zero-order valence-electron chi connectivity index (χ0n) is 24.0. The lowest BCUT2D eigenvalue weighted by Gasteiger charge is -2.21. The van der Waals surface area contributed by atoms with Crippen molar-refractivity contribution in [1.29, 1.82) is 0 Å². The van der Waals surface area contributed by atoms with Crippen LogP contribution in [0.4, 0.5) is 0 Å². The molecule has 5 aromatic rings. The maximum Gasteiger partial charge on any atom is 0.360 e. The number of H-pyrrole nitrogens is 1.